The fourth-order valence-corrected chi connectivity index (χ4v) is 1.77. The third kappa shape index (κ3) is 3.46. The second kappa shape index (κ2) is 5.68. The Labute approximate surface area is 105 Å². The van der Waals surface area contributed by atoms with Gasteiger partial charge in [0.2, 0.25) is 0 Å². The van der Waals surface area contributed by atoms with Gasteiger partial charge in [0.15, 0.2) is 0 Å². The zero-order chi connectivity index (χ0) is 13.0. The molecule has 0 fully saturated rings. The zero-order valence-electron chi connectivity index (χ0n) is 9.74. The van der Waals surface area contributed by atoms with E-state index in [0.717, 1.165) is 5.56 Å². The summed E-state index contributed by atoms with van der Waals surface area (Å²) >= 11 is 5.97. The van der Waals surface area contributed by atoms with E-state index in [-0.39, 0.29) is 12.5 Å². The number of likely N-dealkylation sites (N-methyl/N-ethyl adjacent to an activating group) is 1. The largest absolute Gasteiger partial charge is 0.480 e. The van der Waals surface area contributed by atoms with E-state index in [1.54, 1.807) is 25.1 Å². The zero-order valence-corrected chi connectivity index (χ0v) is 10.5. The third-order valence-corrected chi connectivity index (χ3v) is 2.66. The van der Waals surface area contributed by atoms with Crippen LogP contribution in [-0.4, -0.2) is 35.0 Å². The first-order chi connectivity index (χ1) is 7.95. The van der Waals surface area contributed by atoms with Crippen molar-refractivity contribution < 1.29 is 14.7 Å². The van der Waals surface area contributed by atoms with Gasteiger partial charge in [0, 0.05) is 6.54 Å². The van der Waals surface area contributed by atoms with Crippen molar-refractivity contribution in [3.05, 3.63) is 34.3 Å². The maximum atomic E-state index is 12.0. The predicted octanol–water partition coefficient (Wildman–Crippen LogP) is 2.20. The number of amides is 1. The van der Waals surface area contributed by atoms with Crippen LogP contribution >= 0.6 is 11.6 Å². The molecule has 0 spiro atoms. The molecule has 0 heterocycles. The molecule has 0 unspecified atom stereocenters. The minimum Gasteiger partial charge on any atom is -0.480 e. The molecule has 0 aromatic heterocycles. The average Bonchev–Trinajstić information content (AvgIpc) is 2.24. The summed E-state index contributed by atoms with van der Waals surface area (Å²) in [4.78, 5) is 23.9. The van der Waals surface area contributed by atoms with Gasteiger partial charge in [-0.25, -0.2) is 0 Å². The minimum atomic E-state index is -1.04. The molecular weight excluding hydrogens is 242 g/mol. The van der Waals surface area contributed by atoms with Crippen molar-refractivity contribution >= 4 is 23.5 Å². The number of carboxylic acids is 1. The van der Waals surface area contributed by atoms with E-state index in [1.165, 1.54) is 4.90 Å². The highest BCUT2D eigenvalue weighted by molar-refractivity contribution is 6.33. The normalized spacial score (nSPS) is 10.1. The Morgan fingerprint density at radius 3 is 2.53 bits per heavy atom. The molecule has 1 rings (SSSR count). The molecule has 1 N–H and O–H groups in total. The number of aliphatic carboxylic acids is 1. The van der Waals surface area contributed by atoms with Gasteiger partial charge in [-0.15, -0.1) is 0 Å². The van der Waals surface area contributed by atoms with Crippen LogP contribution < -0.4 is 0 Å². The highest BCUT2D eigenvalue weighted by Crippen LogP contribution is 2.19. The Bertz CT molecular complexity index is 445. The number of benzene rings is 1. The van der Waals surface area contributed by atoms with Gasteiger partial charge < -0.3 is 10.0 Å². The summed E-state index contributed by atoms with van der Waals surface area (Å²) in [7, 11) is 0. The van der Waals surface area contributed by atoms with Crippen molar-refractivity contribution in [2.75, 3.05) is 13.1 Å². The SMILES string of the molecule is CCN(CC(=O)O)C(=O)c1ccc(C)cc1Cl. The first-order valence-corrected chi connectivity index (χ1v) is 5.60. The van der Waals surface area contributed by atoms with Crippen LogP contribution in [0.25, 0.3) is 0 Å². The highest BCUT2D eigenvalue weighted by Gasteiger charge is 2.19. The Balaban J connectivity index is 2.97. The number of hydrogen-bond acceptors (Lipinski definition) is 2. The van der Waals surface area contributed by atoms with E-state index in [4.69, 9.17) is 16.7 Å². The summed E-state index contributed by atoms with van der Waals surface area (Å²) in [5.74, 6) is -1.40. The lowest BCUT2D eigenvalue weighted by Crippen LogP contribution is -2.35. The quantitative estimate of drug-likeness (QED) is 0.897. The van der Waals surface area contributed by atoms with Crippen LogP contribution in [0, 0.1) is 6.92 Å². The standard InChI is InChI=1S/C12H14ClNO3/c1-3-14(7-11(15)16)12(17)9-5-4-8(2)6-10(9)13/h4-6H,3,7H2,1-2H3,(H,15,16). The molecule has 0 aliphatic rings. The van der Waals surface area contributed by atoms with Crippen LogP contribution in [0.2, 0.25) is 5.02 Å². The van der Waals surface area contributed by atoms with E-state index in [0.29, 0.717) is 17.1 Å². The van der Waals surface area contributed by atoms with Gasteiger partial charge in [0.1, 0.15) is 6.54 Å². The molecule has 1 aromatic carbocycles. The van der Waals surface area contributed by atoms with Crippen molar-refractivity contribution in [1.82, 2.24) is 4.90 Å². The van der Waals surface area contributed by atoms with Crippen LogP contribution in [0.1, 0.15) is 22.8 Å². The Kier molecular flexibility index (Phi) is 4.52. The highest BCUT2D eigenvalue weighted by atomic mass is 35.5. The lowest BCUT2D eigenvalue weighted by Gasteiger charge is -2.19. The number of nitrogens with zero attached hydrogens (tertiary/aromatic N) is 1. The van der Waals surface area contributed by atoms with Gasteiger partial charge >= 0.3 is 5.97 Å². The first-order valence-electron chi connectivity index (χ1n) is 5.23. The van der Waals surface area contributed by atoms with Crippen molar-refractivity contribution in [2.45, 2.75) is 13.8 Å². The van der Waals surface area contributed by atoms with E-state index in [9.17, 15) is 9.59 Å². The molecule has 0 saturated carbocycles. The topological polar surface area (TPSA) is 57.6 Å². The summed E-state index contributed by atoms with van der Waals surface area (Å²) in [6, 6.07) is 5.07. The van der Waals surface area contributed by atoms with Gasteiger partial charge in [-0.2, -0.15) is 0 Å². The second-order valence-electron chi connectivity index (χ2n) is 3.70. The van der Waals surface area contributed by atoms with Crippen LogP contribution in [0.5, 0.6) is 0 Å². The number of rotatable bonds is 4. The molecule has 1 amide bonds. The van der Waals surface area contributed by atoms with Gasteiger partial charge in [-0.3, -0.25) is 9.59 Å². The van der Waals surface area contributed by atoms with Gasteiger partial charge in [-0.05, 0) is 31.5 Å². The number of carbonyl (C=O) groups excluding carboxylic acids is 1. The van der Waals surface area contributed by atoms with Crippen LogP contribution in [-0.2, 0) is 4.79 Å². The van der Waals surface area contributed by atoms with Crippen molar-refractivity contribution in [3.8, 4) is 0 Å². The Hall–Kier alpha value is -1.55. The molecule has 0 aliphatic carbocycles. The molecule has 0 saturated heterocycles. The van der Waals surface area contributed by atoms with E-state index in [2.05, 4.69) is 0 Å². The van der Waals surface area contributed by atoms with Gasteiger partial charge in [0.05, 0.1) is 10.6 Å². The molecule has 4 nitrogen and oxygen atoms in total. The van der Waals surface area contributed by atoms with Crippen molar-refractivity contribution in [3.63, 3.8) is 0 Å². The summed E-state index contributed by atoms with van der Waals surface area (Å²) in [5.41, 5.74) is 1.29. The van der Waals surface area contributed by atoms with E-state index in [1.807, 2.05) is 6.92 Å². The molecule has 92 valence electrons. The summed E-state index contributed by atoms with van der Waals surface area (Å²) in [6.45, 7) is 3.60. The molecular formula is C12H14ClNO3. The minimum absolute atomic E-state index is 0.320. The van der Waals surface area contributed by atoms with E-state index >= 15 is 0 Å². The summed E-state index contributed by atoms with van der Waals surface area (Å²) < 4.78 is 0. The second-order valence-corrected chi connectivity index (χ2v) is 4.10. The van der Waals surface area contributed by atoms with E-state index < -0.39 is 5.97 Å². The Morgan fingerprint density at radius 2 is 2.06 bits per heavy atom. The number of hydrogen-bond donors (Lipinski definition) is 1. The number of carboxylic acid groups (broad SMARTS) is 1. The lowest BCUT2D eigenvalue weighted by atomic mass is 10.1. The number of aryl methyl sites for hydroxylation is 1. The molecule has 0 radical (unpaired) electrons. The molecule has 0 atom stereocenters. The predicted molar refractivity (Wildman–Crippen MR) is 65.4 cm³/mol. The van der Waals surface area contributed by atoms with Crippen molar-refractivity contribution in [2.24, 2.45) is 0 Å². The first kappa shape index (κ1) is 13.5. The maximum absolute atomic E-state index is 12.0. The fourth-order valence-electron chi connectivity index (χ4n) is 1.45. The smallest absolute Gasteiger partial charge is 0.323 e. The molecule has 17 heavy (non-hydrogen) atoms. The molecule has 5 heteroatoms. The Morgan fingerprint density at radius 1 is 1.41 bits per heavy atom. The van der Waals surface area contributed by atoms with Crippen LogP contribution in [0.3, 0.4) is 0 Å². The maximum Gasteiger partial charge on any atom is 0.323 e. The van der Waals surface area contributed by atoms with Crippen LogP contribution in [0.15, 0.2) is 18.2 Å². The number of carbonyl (C=O) groups is 2. The van der Waals surface area contributed by atoms with Crippen LogP contribution in [0.4, 0.5) is 0 Å². The fraction of sp³-hybridized carbons (Fsp3) is 0.333. The lowest BCUT2D eigenvalue weighted by molar-refractivity contribution is -0.137. The average molecular weight is 256 g/mol. The number of halogens is 1. The summed E-state index contributed by atoms with van der Waals surface area (Å²) in [6.07, 6.45) is 0. The third-order valence-electron chi connectivity index (χ3n) is 2.35. The molecule has 0 bridgehead atoms. The van der Waals surface area contributed by atoms with Crippen molar-refractivity contribution in [1.29, 1.82) is 0 Å². The monoisotopic (exact) mass is 255 g/mol. The van der Waals surface area contributed by atoms with Gasteiger partial charge in [-0.1, -0.05) is 17.7 Å². The molecule has 1 aromatic rings. The summed E-state index contributed by atoms with van der Waals surface area (Å²) in [5, 5.41) is 9.04. The molecule has 0 aliphatic heterocycles. The van der Waals surface area contributed by atoms with Gasteiger partial charge in [0.25, 0.3) is 5.91 Å².